The van der Waals surface area contributed by atoms with Crippen LogP contribution in [0.3, 0.4) is 0 Å². The predicted octanol–water partition coefficient (Wildman–Crippen LogP) is 3.71. The van der Waals surface area contributed by atoms with Gasteiger partial charge in [0.1, 0.15) is 0 Å². The summed E-state index contributed by atoms with van der Waals surface area (Å²) in [6.07, 6.45) is 8.16. The summed E-state index contributed by atoms with van der Waals surface area (Å²) in [6.45, 7) is 2.55. The molecule has 1 atom stereocenters. The molecule has 0 bridgehead atoms. The first kappa shape index (κ1) is 13.2. The van der Waals surface area contributed by atoms with Crippen LogP contribution in [0.2, 0.25) is 0 Å². The molecule has 3 nitrogen and oxygen atoms in total. The first-order chi connectivity index (χ1) is 7.17. The van der Waals surface area contributed by atoms with Gasteiger partial charge in [-0.25, -0.2) is 0 Å². The molecule has 0 spiro atoms. The molecule has 4 heteroatoms. The second-order valence-corrected chi connectivity index (χ2v) is 6.51. The summed E-state index contributed by atoms with van der Waals surface area (Å²) in [7, 11) is -3.31. The van der Waals surface area contributed by atoms with Crippen LogP contribution in [0.4, 0.5) is 0 Å². The fourth-order valence-electron chi connectivity index (χ4n) is 2.06. The van der Waals surface area contributed by atoms with Crippen LogP contribution in [0.5, 0.6) is 0 Å². The van der Waals surface area contributed by atoms with Gasteiger partial charge >= 0.3 is 7.60 Å². The SMILES string of the molecule is CCCCCOP(=O)(O)C1CCCCC1. The first-order valence-corrected chi connectivity index (χ1v) is 7.78. The van der Waals surface area contributed by atoms with Gasteiger partial charge in [0.25, 0.3) is 0 Å². The average Bonchev–Trinajstić information content (AvgIpc) is 2.26. The highest BCUT2D eigenvalue weighted by Crippen LogP contribution is 2.52. The zero-order valence-electron chi connectivity index (χ0n) is 9.65. The van der Waals surface area contributed by atoms with Crippen molar-refractivity contribution in [1.82, 2.24) is 0 Å². The molecule has 1 aliphatic carbocycles. The summed E-state index contributed by atoms with van der Waals surface area (Å²) in [5.74, 6) is 0. The van der Waals surface area contributed by atoms with Crippen LogP contribution >= 0.6 is 7.60 Å². The summed E-state index contributed by atoms with van der Waals surface area (Å²) in [6, 6.07) is 0. The van der Waals surface area contributed by atoms with Gasteiger partial charge in [0.2, 0.25) is 0 Å². The van der Waals surface area contributed by atoms with Crippen molar-refractivity contribution in [3.63, 3.8) is 0 Å². The second kappa shape index (κ2) is 6.67. The normalized spacial score (nSPS) is 22.5. The second-order valence-electron chi connectivity index (χ2n) is 4.40. The molecule has 0 saturated heterocycles. The average molecular weight is 234 g/mol. The van der Waals surface area contributed by atoms with E-state index in [9.17, 15) is 9.46 Å². The van der Waals surface area contributed by atoms with Crippen molar-refractivity contribution in [2.24, 2.45) is 0 Å². The van der Waals surface area contributed by atoms with Crippen molar-refractivity contribution in [2.45, 2.75) is 63.9 Å². The Morgan fingerprint density at radius 3 is 2.53 bits per heavy atom. The molecule has 0 aromatic rings. The fourth-order valence-corrected chi connectivity index (χ4v) is 3.68. The molecule has 0 radical (unpaired) electrons. The third-order valence-corrected chi connectivity index (χ3v) is 5.05. The maximum Gasteiger partial charge on any atom is 0.331 e. The molecule has 1 saturated carbocycles. The number of hydrogen-bond donors (Lipinski definition) is 1. The zero-order chi connectivity index (χ0) is 11.1. The maximum atomic E-state index is 11.9. The van der Waals surface area contributed by atoms with Crippen molar-refractivity contribution >= 4 is 7.60 Å². The zero-order valence-corrected chi connectivity index (χ0v) is 10.5. The molecule has 1 aliphatic rings. The lowest BCUT2D eigenvalue weighted by molar-refractivity contribution is 0.238. The van der Waals surface area contributed by atoms with E-state index in [2.05, 4.69) is 6.92 Å². The van der Waals surface area contributed by atoms with Crippen LogP contribution in [0, 0.1) is 0 Å². The van der Waals surface area contributed by atoms with Gasteiger partial charge in [0.15, 0.2) is 0 Å². The van der Waals surface area contributed by atoms with Crippen LogP contribution in [0.25, 0.3) is 0 Å². The summed E-state index contributed by atoms with van der Waals surface area (Å²) in [4.78, 5) is 9.77. The minimum absolute atomic E-state index is 0.0899. The smallest absolute Gasteiger partial charge is 0.324 e. The fraction of sp³-hybridized carbons (Fsp3) is 1.00. The van der Waals surface area contributed by atoms with Crippen molar-refractivity contribution in [3.05, 3.63) is 0 Å². The van der Waals surface area contributed by atoms with Crippen LogP contribution in [-0.4, -0.2) is 17.2 Å². The molecule has 1 N–H and O–H groups in total. The van der Waals surface area contributed by atoms with Gasteiger partial charge in [0.05, 0.1) is 12.3 Å². The van der Waals surface area contributed by atoms with Crippen LogP contribution in [0.1, 0.15) is 58.3 Å². The molecule has 0 aromatic heterocycles. The Labute approximate surface area is 92.8 Å². The van der Waals surface area contributed by atoms with E-state index in [4.69, 9.17) is 4.52 Å². The highest BCUT2D eigenvalue weighted by Gasteiger charge is 2.32. The monoisotopic (exact) mass is 234 g/mol. The molecule has 1 fully saturated rings. The summed E-state index contributed by atoms with van der Waals surface area (Å²) < 4.78 is 17.0. The predicted molar refractivity (Wildman–Crippen MR) is 62.2 cm³/mol. The van der Waals surface area contributed by atoms with Gasteiger partial charge in [-0.1, -0.05) is 39.0 Å². The summed E-state index contributed by atoms with van der Waals surface area (Å²) >= 11 is 0. The van der Waals surface area contributed by atoms with E-state index in [-0.39, 0.29) is 5.66 Å². The Kier molecular flexibility index (Phi) is 5.88. The van der Waals surface area contributed by atoms with E-state index >= 15 is 0 Å². The van der Waals surface area contributed by atoms with Crippen LogP contribution in [0.15, 0.2) is 0 Å². The van der Waals surface area contributed by atoms with Crippen molar-refractivity contribution in [2.75, 3.05) is 6.61 Å². The molecule has 0 aromatic carbocycles. The van der Waals surface area contributed by atoms with E-state index in [1.165, 1.54) is 6.42 Å². The molecule has 15 heavy (non-hydrogen) atoms. The molecule has 0 aliphatic heterocycles. The molecule has 90 valence electrons. The lowest BCUT2D eigenvalue weighted by Gasteiger charge is -2.25. The topological polar surface area (TPSA) is 46.5 Å². The highest BCUT2D eigenvalue weighted by molar-refractivity contribution is 7.53. The number of unbranched alkanes of at least 4 members (excludes halogenated alkanes) is 2. The number of rotatable bonds is 6. The molecule has 0 heterocycles. The Balaban J connectivity index is 2.26. The lowest BCUT2D eigenvalue weighted by atomic mass is 10.0. The largest absolute Gasteiger partial charge is 0.331 e. The maximum absolute atomic E-state index is 11.9. The van der Waals surface area contributed by atoms with Gasteiger partial charge in [0, 0.05) is 0 Å². The third-order valence-electron chi connectivity index (χ3n) is 3.06. The quantitative estimate of drug-likeness (QED) is 0.563. The molecular weight excluding hydrogens is 211 g/mol. The standard InChI is InChI=1S/C11H23O3P/c1-2-3-7-10-14-15(12,13)11-8-5-4-6-9-11/h11H,2-10H2,1H3,(H,12,13). The first-order valence-electron chi connectivity index (χ1n) is 6.14. The Morgan fingerprint density at radius 1 is 1.27 bits per heavy atom. The van der Waals surface area contributed by atoms with E-state index in [0.29, 0.717) is 6.61 Å². The van der Waals surface area contributed by atoms with Crippen molar-refractivity contribution < 1.29 is 14.0 Å². The minimum Gasteiger partial charge on any atom is -0.324 e. The highest BCUT2D eigenvalue weighted by atomic mass is 31.2. The van der Waals surface area contributed by atoms with Gasteiger partial charge in [-0.2, -0.15) is 0 Å². The number of hydrogen-bond acceptors (Lipinski definition) is 2. The summed E-state index contributed by atoms with van der Waals surface area (Å²) in [5.41, 5.74) is -0.0899. The van der Waals surface area contributed by atoms with Crippen molar-refractivity contribution in [1.29, 1.82) is 0 Å². The van der Waals surface area contributed by atoms with Crippen molar-refractivity contribution in [3.8, 4) is 0 Å². The Morgan fingerprint density at radius 2 is 1.93 bits per heavy atom. The van der Waals surface area contributed by atoms with E-state index < -0.39 is 7.60 Å². The Bertz CT molecular complexity index is 212. The minimum atomic E-state index is -3.31. The van der Waals surface area contributed by atoms with E-state index in [0.717, 1.165) is 44.9 Å². The molecule has 1 unspecified atom stereocenters. The van der Waals surface area contributed by atoms with Crippen LogP contribution < -0.4 is 0 Å². The lowest BCUT2D eigenvalue weighted by Crippen LogP contribution is -2.14. The van der Waals surface area contributed by atoms with Gasteiger partial charge in [-0.05, 0) is 19.3 Å². The molecule has 0 amide bonds. The third kappa shape index (κ3) is 4.67. The van der Waals surface area contributed by atoms with E-state index in [1.807, 2.05) is 0 Å². The van der Waals surface area contributed by atoms with Gasteiger partial charge in [-0.3, -0.25) is 4.57 Å². The molecule has 1 rings (SSSR count). The van der Waals surface area contributed by atoms with Crippen LogP contribution in [-0.2, 0) is 9.09 Å². The molecular formula is C11H23O3P. The summed E-state index contributed by atoms with van der Waals surface area (Å²) in [5, 5.41) is 0. The van der Waals surface area contributed by atoms with E-state index in [1.54, 1.807) is 0 Å². The van der Waals surface area contributed by atoms with Gasteiger partial charge in [-0.15, -0.1) is 0 Å². The Hall–Kier alpha value is 0.150. The van der Waals surface area contributed by atoms with Gasteiger partial charge < -0.3 is 9.42 Å².